The Bertz CT molecular complexity index is 148. The van der Waals surface area contributed by atoms with Crippen LogP contribution in [0, 0.1) is 0 Å². The van der Waals surface area contributed by atoms with Crippen molar-refractivity contribution in [1.82, 2.24) is 5.32 Å². The van der Waals surface area contributed by atoms with E-state index in [1.807, 2.05) is 33.9 Å². The van der Waals surface area contributed by atoms with Crippen LogP contribution in [-0.2, 0) is 4.79 Å². The number of rotatable bonds is 4. The second-order valence-electron chi connectivity index (χ2n) is 1.85. The van der Waals surface area contributed by atoms with Crippen molar-refractivity contribution in [3.8, 4) is 0 Å². The molecule has 0 rings (SSSR count). The van der Waals surface area contributed by atoms with Gasteiger partial charge in [0.15, 0.2) is 0 Å². The van der Waals surface area contributed by atoms with E-state index in [1.165, 1.54) is 0 Å². The highest BCUT2D eigenvalue weighted by Crippen LogP contribution is 1.99. The van der Waals surface area contributed by atoms with Crippen molar-refractivity contribution < 1.29 is 4.79 Å². The van der Waals surface area contributed by atoms with E-state index in [2.05, 4.69) is 5.32 Å². The Morgan fingerprint density at radius 1 is 1.42 bits per heavy atom. The van der Waals surface area contributed by atoms with E-state index in [-0.39, 0.29) is 0 Å². The molecule has 0 unspecified atom stereocenters. The fourth-order valence-corrected chi connectivity index (χ4v) is 0.569. The number of carbonyl (C=O) groups is 1. The molecule has 0 fully saturated rings. The van der Waals surface area contributed by atoms with E-state index in [4.69, 9.17) is 0 Å². The predicted molar refractivity (Wildman–Crippen MR) is 54.0 cm³/mol. The van der Waals surface area contributed by atoms with Crippen molar-refractivity contribution in [1.29, 1.82) is 0 Å². The highest BCUT2D eigenvalue weighted by atomic mass is 16.1. The first-order valence-electron chi connectivity index (χ1n) is 4.33. The first kappa shape index (κ1) is 13.5. The largest absolute Gasteiger partial charge is 0.394 e. The molecule has 0 aliphatic heterocycles. The van der Waals surface area contributed by atoms with Crippen molar-refractivity contribution in [3.05, 3.63) is 23.9 Å². The molecule has 1 N–H and O–H groups in total. The Kier molecular flexibility index (Phi) is 14.2. The van der Waals surface area contributed by atoms with Crippen molar-refractivity contribution in [2.75, 3.05) is 7.05 Å². The zero-order valence-corrected chi connectivity index (χ0v) is 8.42. The lowest BCUT2D eigenvalue weighted by Crippen LogP contribution is -1.91. The van der Waals surface area contributed by atoms with Gasteiger partial charge in [-0.15, -0.1) is 0 Å². The predicted octanol–water partition coefficient (Wildman–Crippen LogP) is 2.28. The van der Waals surface area contributed by atoms with Crippen LogP contribution in [0.25, 0.3) is 0 Å². The number of carbonyl (C=O) groups excluding carboxylic acids is 1. The van der Waals surface area contributed by atoms with E-state index < -0.39 is 0 Å². The lowest BCUT2D eigenvalue weighted by molar-refractivity contribution is -0.104. The van der Waals surface area contributed by atoms with Crippen LogP contribution in [0.2, 0.25) is 0 Å². The fraction of sp³-hybridized carbons (Fsp3) is 0.500. The van der Waals surface area contributed by atoms with Gasteiger partial charge in [0.2, 0.25) is 0 Å². The lowest BCUT2D eigenvalue weighted by Gasteiger charge is -1.92. The SMILES string of the molecule is CC.CCC(/C=C\NC)=C/C=O. The monoisotopic (exact) mass is 169 g/mol. The van der Waals surface area contributed by atoms with Crippen LogP contribution in [0.3, 0.4) is 0 Å². The van der Waals surface area contributed by atoms with Crippen LogP contribution in [0.15, 0.2) is 23.9 Å². The minimum Gasteiger partial charge on any atom is -0.394 e. The van der Waals surface area contributed by atoms with Gasteiger partial charge in [-0.05, 0) is 30.3 Å². The number of allylic oxidation sites excluding steroid dienone is 3. The maximum Gasteiger partial charge on any atom is 0.143 e. The van der Waals surface area contributed by atoms with Gasteiger partial charge in [-0.1, -0.05) is 20.8 Å². The number of aldehydes is 1. The summed E-state index contributed by atoms with van der Waals surface area (Å²) in [4.78, 5) is 10.0. The zero-order chi connectivity index (χ0) is 9.82. The summed E-state index contributed by atoms with van der Waals surface area (Å²) in [5.41, 5.74) is 1.03. The summed E-state index contributed by atoms with van der Waals surface area (Å²) in [6, 6.07) is 0. The molecule has 0 saturated heterocycles. The summed E-state index contributed by atoms with van der Waals surface area (Å²) in [6.07, 6.45) is 6.94. The van der Waals surface area contributed by atoms with Crippen LogP contribution in [0.4, 0.5) is 0 Å². The number of nitrogens with one attached hydrogen (secondary N) is 1. The molecule has 0 atom stereocenters. The zero-order valence-electron chi connectivity index (χ0n) is 8.42. The summed E-state index contributed by atoms with van der Waals surface area (Å²) in [5, 5.41) is 2.85. The average Bonchev–Trinajstić information content (AvgIpc) is 2.15. The van der Waals surface area contributed by atoms with Crippen molar-refractivity contribution in [2.45, 2.75) is 27.2 Å². The summed E-state index contributed by atoms with van der Waals surface area (Å²) in [6.45, 7) is 6.01. The van der Waals surface area contributed by atoms with E-state index in [0.29, 0.717) is 0 Å². The second-order valence-corrected chi connectivity index (χ2v) is 1.85. The number of hydrogen-bond acceptors (Lipinski definition) is 2. The molecule has 12 heavy (non-hydrogen) atoms. The van der Waals surface area contributed by atoms with Gasteiger partial charge in [-0.2, -0.15) is 0 Å². The molecule has 0 aliphatic rings. The van der Waals surface area contributed by atoms with E-state index in [1.54, 1.807) is 12.3 Å². The molecule has 0 aromatic rings. The summed E-state index contributed by atoms with van der Waals surface area (Å²) in [5.74, 6) is 0. The van der Waals surface area contributed by atoms with Crippen molar-refractivity contribution in [3.63, 3.8) is 0 Å². The van der Waals surface area contributed by atoms with Gasteiger partial charge in [-0.25, -0.2) is 0 Å². The van der Waals surface area contributed by atoms with Crippen LogP contribution >= 0.6 is 0 Å². The molecule has 0 radical (unpaired) electrons. The topological polar surface area (TPSA) is 29.1 Å². The maximum absolute atomic E-state index is 10.0. The molecular weight excluding hydrogens is 150 g/mol. The molecule has 2 nitrogen and oxygen atoms in total. The third kappa shape index (κ3) is 8.95. The van der Waals surface area contributed by atoms with Gasteiger partial charge in [0.1, 0.15) is 6.29 Å². The molecule has 70 valence electrons. The molecular formula is C10H19NO. The quantitative estimate of drug-likeness (QED) is 0.397. The Balaban J connectivity index is 0. The molecule has 0 heterocycles. The van der Waals surface area contributed by atoms with E-state index in [0.717, 1.165) is 18.3 Å². The molecule has 0 amide bonds. The van der Waals surface area contributed by atoms with Gasteiger partial charge >= 0.3 is 0 Å². The first-order valence-corrected chi connectivity index (χ1v) is 4.33. The van der Waals surface area contributed by atoms with Gasteiger partial charge in [0, 0.05) is 7.05 Å². The summed E-state index contributed by atoms with van der Waals surface area (Å²) >= 11 is 0. The Morgan fingerprint density at radius 2 is 2.00 bits per heavy atom. The van der Waals surface area contributed by atoms with E-state index in [9.17, 15) is 4.79 Å². The molecule has 0 spiro atoms. The first-order chi connectivity index (χ1) is 5.85. The van der Waals surface area contributed by atoms with Gasteiger partial charge in [0.25, 0.3) is 0 Å². The Hall–Kier alpha value is -1.05. The van der Waals surface area contributed by atoms with Crippen molar-refractivity contribution >= 4 is 6.29 Å². The smallest absolute Gasteiger partial charge is 0.143 e. The number of hydrogen-bond donors (Lipinski definition) is 1. The second kappa shape index (κ2) is 12.6. The maximum atomic E-state index is 10.0. The normalized spacial score (nSPS) is 10.5. The van der Waals surface area contributed by atoms with E-state index >= 15 is 0 Å². The molecule has 0 saturated carbocycles. The minimum absolute atomic E-state index is 0.804. The molecule has 0 bridgehead atoms. The average molecular weight is 169 g/mol. The van der Waals surface area contributed by atoms with Gasteiger partial charge < -0.3 is 5.32 Å². The fourth-order valence-electron chi connectivity index (χ4n) is 0.569. The highest BCUT2D eigenvalue weighted by Gasteiger charge is 1.83. The van der Waals surface area contributed by atoms with Crippen LogP contribution < -0.4 is 5.32 Å². The molecule has 0 aromatic carbocycles. The van der Waals surface area contributed by atoms with Gasteiger partial charge in [-0.3, -0.25) is 4.79 Å². The molecule has 2 heteroatoms. The van der Waals surface area contributed by atoms with Crippen LogP contribution in [-0.4, -0.2) is 13.3 Å². The Morgan fingerprint density at radius 3 is 2.33 bits per heavy atom. The molecule has 0 aliphatic carbocycles. The third-order valence-electron chi connectivity index (χ3n) is 1.15. The Labute approximate surface area is 75.4 Å². The van der Waals surface area contributed by atoms with Crippen LogP contribution in [0.1, 0.15) is 27.2 Å². The molecule has 0 aromatic heterocycles. The summed E-state index contributed by atoms with van der Waals surface area (Å²) < 4.78 is 0. The highest BCUT2D eigenvalue weighted by molar-refractivity contribution is 5.67. The minimum atomic E-state index is 0.804. The summed E-state index contributed by atoms with van der Waals surface area (Å²) in [7, 11) is 1.82. The standard InChI is InChI=1S/C8H13NO.C2H6/c1-3-8(5-7-10)4-6-9-2;1-2/h4-7,9H,3H2,1-2H3;1-2H3/b6-4-,8-5-;. The third-order valence-corrected chi connectivity index (χ3v) is 1.15. The lowest BCUT2D eigenvalue weighted by atomic mass is 10.2. The van der Waals surface area contributed by atoms with Crippen LogP contribution in [0.5, 0.6) is 0 Å². The van der Waals surface area contributed by atoms with Crippen molar-refractivity contribution in [2.24, 2.45) is 0 Å². The van der Waals surface area contributed by atoms with Gasteiger partial charge in [0.05, 0.1) is 0 Å².